The van der Waals surface area contributed by atoms with Gasteiger partial charge in [-0.15, -0.1) is 0 Å². The molecule has 2 aromatic heterocycles. The first-order valence-corrected chi connectivity index (χ1v) is 12.1. The van der Waals surface area contributed by atoms with Gasteiger partial charge >= 0.3 is 0 Å². The van der Waals surface area contributed by atoms with Crippen LogP contribution in [0.4, 0.5) is 0 Å². The van der Waals surface area contributed by atoms with Crippen LogP contribution in [-0.4, -0.2) is 37.8 Å². The van der Waals surface area contributed by atoms with Gasteiger partial charge in [-0.3, -0.25) is 23.9 Å². The second-order valence-corrected chi connectivity index (χ2v) is 9.25. The van der Waals surface area contributed by atoms with E-state index in [2.05, 4.69) is 4.98 Å². The Morgan fingerprint density at radius 2 is 1.53 bits per heavy atom. The van der Waals surface area contributed by atoms with Crippen LogP contribution in [-0.2, 0) is 19.4 Å². The second-order valence-electron chi connectivity index (χ2n) is 8.81. The highest BCUT2D eigenvalue weighted by Crippen LogP contribution is 2.24. The number of halogens is 1. The fourth-order valence-corrected chi connectivity index (χ4v) is 5.05. The quantitative estimate of drug-likeness (QED) is 0.348. The summed E-state index contributed by atoms with van der Waals surface area (Å²) in [6.45, 7) is 0.535. The normalized spacial score (nSPS) is 13.2. The van der Waals surface area contributed by atoms with Gasteiger partial charge in [-0.1, -0.05) is 35.9 Å². The number of carbonyl (C=O) groups is 2. The Balaban J connectivity index is 1.32. The lowest BCUT2D eigenvalue weighted by Gasteiger charge is -2.17. The number of nitrogens with one attached hydrogen (secondary N) is 1. The minimum Gasteiger partial charge on any atom is -0.361 e. The van der Waals surface area contributed by atoms with Gasteiger partial charge in [-0.2, -0.15) is 0 Å². The first kappa shape index (κ1) is 22.2. The lowest BCUT2D eigenvalue weighted by molar-refractivity contribution is 0.0655. The van der Waals surface area contributed by atoms with Gasteiger partial charge in [0.15, 0.2) is 0 Å². The summed E-state index contributed by atoms with van der Waals surface area (Å²) in [6, 6.07) is 19.7. The molecule has 178 valence electrons. The number of nitrogens with zero attached hydrogens (tertiary/aromatic N) is 3. The van der Waals surface area contributed by atoms with Gasteiger partial charge in [0.25, 0.3) is 17.4 Å². The van der Waals surface area contributed by atoms with Crippen molar-refractivity contribution in [3.63, 3.8) is 0 Å². The highest BCUT2D eigenvalue weighted by atomic mass is 35.5. The Kier molecular flexibility index (Phi) is 5.42. The molecule has 0 bridgehead atoms. The minimum absolute atomic E-state index is 0.139. The molecule has 0 atom stereocenters. The number of benzene rings is 3. The molecular formula is C28H21ClN4O3. The molecule has 3 heterocycles. The second kappa shape index (κ2) is 8.77. The smallest absolute Gasteiger partial charge is 0.261 e. The van der Waals surface area contributed by atoms with Gasteiger partial charge < -0.3 is 4.98 Å². The molecule has 36 heavy (non-hydrogen) atoms. The topological polar surface area (TPSA) is 88.1 Å². The summed E-state index contributed by atoms with van der Waals surface area (Å²) in [5, 5.41) is 2.19. The maximum atomic E-state index is 13.5. The van der Waals surface area contributed by atoms with Gasteiger partial charge in [-0.25, -0.2) is 4.98 Å². The first-order chi connectivity index (χ1) is 17.5. The van der Waals surface area contributed by atoms with Crippen LogP contribution in [0.3, 0.4) is 0 Å². The number of hydrogen-bond donors (Lipinski definition) is 1. The zero-order valence-corrected chi connectivity index (χ0v) is 20.0. The first-order valence-electron chi connectivity index (χ1n) is 11.7. The van der Waals surface area contributed by atoms with Crippen molar-refractivity contribution < 1.29 is 9.59 Å². The zero-order valence-electron chi connectivity index (χ0n) is 19.2. The number of carbonyl (C=O) groups excluding carboxylic acids is 2. The fourth-order valence-electron chi connectivity index (χ4n) is 4.88. The number of para-hydroxylation sites is 1. The molecule has 0 saturated carbocycles. The van der Waals surface area contributed by atoms with Crippen molar-refractivity contribution >= 4 is 45.2 Å². The largest absolute Gasteiger partial charge is 0.361 e. The van der Waals surface area contributed by atoms with E-state index < -0.39 is 0 Å². The third kappa shape index (κ3) is 3.69. The summed E-state index contributed by atoms with van der Waals surface area (Å²) in [5.74, 6) is -0.102. The maximum Gasteiger partial charge on any atom is 0.261 e. The zero-order chi connectivity index (χ0) is 24.8. The molecule has 6 rings (SSSR count). The summed E-state index contributed by atoms with van der Waals surface area (Å²) in [7, 11) is 0. The average molecular weight is 497 g/mol. The number of aromatic amines is 1. The Hall–Kier alpha value is -4.23. The number of imide groups is 1. The van der Waals surface area contributed by atoms with Crippen molar-refractivity contribution in [2.24, 2.45) is 0 Å². The van der Waals surface area contributed by atoms with Crippen molar-refractivity contribution in [1.29, 1.82) is 0 Å². The van der Waals surface area contributed by atoms with E-state index in [1.54, 1.807) is 41.0 Å². The van der Waals surface area contributed by atoms with Crippen molar-refractivity contribution in [2.45, 2.75) is 19.4 Å². The summed E-state index contributed by atoms with van der Waals surface area (Å²) in [6.07, 6.45) is 2.78. The lowest BCUT2D eigenvalue weighted by Crippen LogP contribution is -2.34. The van der Waals surface area contributed by atoms with Gasteiger partial charge in [0, 0.05) is 41.6 Å². The van der Waals surface area contributed by atoms with E-state index in [9.17, 15) is 14.4 Å². The van der Waals surface area contributed by atoms with E-state index in [0.717, 1.165) is 16.5 Å². The van der Waals surface area contributed by atoms with E-state index in [4.69, 9.17) is 16.6 Å². The Morgan fingerprint density at radius 1 is 0.806 bits per heavy atom. The predicted octanol–water partition coefficient (Wildman–Crippen LogP) is 4.61. The molecule has 1 N–H and O–H groups in total. The van der Waals surface area contributed by atoms with E-state index in [0.29, 0.717) is 45.8 Å². The minimum atomic E-state index is -0.319. The van der Waals surface area contributed by atoms with Crippen LogP contribution in [0.25, 0.3) is 21.8 Å². The molecule has 1 aliphatic heterocycles. The van der Waals surface area contributed by atoms with Gasteiger partial charge in [0.2, 0.25) is 0 Å². The summed E-state index contributed by atoms with van der Waals surface area (Å²) in [5.41, 5.74) is 3.28. The highest BCUT2D eigenvalue weighted by Gasteiger charge is 2.34. The monoisotopic (exact) mass is 496 g/mol. The summed E-state index contributed by atoms with van der Waals surface area (Å²) >= 11 is 6.20. The summed E-state index contributed by atoms with van der Waals surface area (Å²) in [4.78, 5) is 48.4. The van der Waals surface area contributed by atoms with Crippen LogP contribution in [0.15, 0.2) is 77.7 Å². The molecule has 8 heteroatoms. The summed E-state index contributed by atoms with van der Waals surface area (Å²) < 4.78 is 1.66. The van der Waals surface area contributed by atoms with E-state index in [1.165, 1.54) is 4.90 Å². The van der Waals surface area contributed by atoms with E-state index in [-0.39, 0.29) is 30.3 Å². The van der Waals surface area contributed by atoms with Crippen LogP contribution >= 0.6 is 11.6 Å². The molecule has 0 unspecified atom stereocenters. The number of fused-ring (bicyclic) bond motifs is 3. The molecule has 0 radical (unpaired) electrons. The van der Waals surface area contributed by atoms with Crippen LogP contribution < -0.4 is 5.56 Å². The van der Waals surface area contributed by atoms with Crippen LogP contribution in [0.1, 0.15) is 32.1 Å². The fraction of sp³-hybridized carbons (Fsp3) is 0.143. The number of amides is 2. The van der Waals surface area contributed by atoms with Crippen LogP contribution in [0.5, 0.6) is 0 Å². The molecule has 0 aliphatic carbocycles. The molecule has 7 nitrogen and oxygen atoms in total. The molecule has 1 aliphatic rings. The third-order valence-corrected chi connectivity index (χ3v) is 6.95. The van der Waals surface area contributed by atoms with Gasteiger partial charge in [0.05, 0.1) is 22.0 Å². The number of aryl methyl sites for hydroxylation is 1. The van der Waals surface area contributed by atoms with Gasteiger partial charge in [0.1, 0.15) is 5.82 Å². The van der Waals surface area contributed by atoms with E-state index >= 15 is 0 Å². The van der Waals surface area contributed by atoms with Crippen LogP contribution in [0, 0.1) is 0 Å². The highest BCUT2D eigenvalue weighted by molar-refractivity contribution is 6.31. The molecule has 0 saturated heterocycles. The van der Waals surface area contributed by atoms with Crippen molar-refractivity contribution in [2.75, 3.05) is 6.54 Å². The Morgan fingerprint density at radius 3 is 2.31 bits per heavy atom. The number of aromatic nitrogens is 3. The van der Waals surface area contributed by atoms with Crippen molar-refractivity contribution in [3.8, 4) is 0 Å². The van der Waals surface area contributed by atoms with Crippen molar-refractivity contribution in [3.05, 3.63) is 111 Å². The average Bonchev–Trinajstić information content (AvgIpc) is 3.40. The Bertz CT molecular complexity index is 1700. The molecule has 5 aromatic rings. The van der Waals surface area contributed by atoms with Crippen molar-refractivity contribution in [1.82, 2.24) is 19.4 Å². The molecule has 2 amide bonds. The Labute approximate surface area is 210 Å². The SMILES string of the molecule is O=C1c2ccccc2C(=O)N1CCc1nc2ccccc2c(=O)n1CCc1c[nH]c2ccc(Cl)cc12. The molecular weight excluding hydrogens is 476 g/mol. The van der Waals surface area contributed by atoms with Gasteiger partial charge in [-0.05, 0) is 54.4 Å². The molecule has 0 spiro atoms. The third-order valence-electron chi connectivity index (χ3n) is 6.71. The molecule has 0 fully saturated rings. The molecule has 3 aromatic carbocycles. The van der Waals surface area contributed by atoms with Crippen LogP contribution in [0.2, 0.25) is 5.02 Å². The predicted molar refractivity (Wildman–Crippen MR) is 139 cm³/mol. The number of rotatable bonds is 6. The van der Waals surface area contributed by atoms with E-state index in [1.807, 2.05) is 36.5 Å². The maximum absolute atomic E-state index is 13.5. The lowest BCUT2D eigenvalue weighted by atomic mass is 10.1. The number of hydrogen-bond acceptors (Lipinski definition) is 4. The number of H-pyrrole nitrogens is 1. The standard InChI is InChI=1S/C28H21ClN4O3/c29-18-9-10-23-22(15-18)17(16-30-23)11-13-32-25(31-24-8-4-3-7-21(24)28(32)36)12-14-33-26(34)19-5-1-2-6-20(19)27(33)35/h1-10,15-16,30H,11-14H2.